The third-order valence-corrected chi connectivity index (χ3v) is 3.05. The Kier molecular flexibility index (Phi) is 3.50. The minimum absolute atomic E-state index is 0.129. The summed E-state index contributed by atoms with van der Waals surface area (Å²) in [5.41, 5.74) is 2.80. The zero-order chi connectivity index (χ0) is 12.4. The molecule has 0 atom stereocenters. The van der Waals surface area contributed by atoms with Gasteiger partial charge in [-0.2, -0.15) is 0 Å². The van der Waals surface area contributed by atoms with Crippen molar-refractivity contribution >= 4 is 11.6 Å². The second-order valence-electron chi connectivity index (χ2n) is 4.29. The molecule has 0 amide bonds. The quantitative estimate of drug-likeness (QED) is 0.878. The van der Waals surface area contributed by atoms with Crippen LogP contribution in [0.2, 0.25) is 5.15 Å². The van der Waals surface area contributed by atoms with Crippen LogP contribution in [0.3, 0.4) is 0 Å². The SMILES string of the molecule is CC(C)c1ccc(-c2nc(Cl)c(CO)[nH]2)cc1. The van der Waals surface area contributed by atoms with E-state index in [-0.39, 0.29) is 6.61 Å². The number of nitrogens with zero attached hydrogens (tertiary/aromatic N) is 1. The van der Waals surface area contributed by atoms with Crippen molar-refractivity contribution in [3.05, 3.63) is 40.7 Å². The van der Waals surface area contributed by atoms with E-state index in [9.17, 15) is 0 Å². The van der Waals surface area contributed by atoms with Crippen molar-refractivity contribution in [1.29, 1.82) is 0 Å². The predicted octanol–water partition coefficient (Wildman–Crippen LogP) is 3.35. The predicted molar refractivity (Wildman–Crippen MR) is 69.0 cm³/mol. The molecule has 0 radical (unpaired) electrons. The Labute approximate surface area is 105 Å². The lowest BCUT2D eigenvalue weighted by Crippen LogP contribution is -1.88. The molecule has 0 fully saturated rings. The highest BCUT2D eigenvalue weighted by Gasteiger charge is 2.09. The number of rotatable bonds is 3. The summed E-state index contributed by atoms with van der Waals surface area (Å²) < 4.78 is 0. The first-order chi connectivity index (χ1) is 8.11. The summed E-state index contributed by atoms with van der Waals surface area (Å²) in [5, 5.41) is 9.37. The van der Waals surface area contributed by atoms with Gasteiger partial charge in [-0.1, -0.05) is 49.7 Å². The van der Waals surface area contributed by atoms with E-state index in [4.69, 9.17) is 16.7 Å². The zero-order valence-corrected chi connectivity index (χ0v) is 10.6. The van der Waals surface area contributed by atoms with Gasteiger partial charge in [0.2, 0.25) is 0 Å². The summed E-state index contributed by atoms with van der Waals surface area (Å²) in [6.45, 7) is 4.18. The fourth-order valence-electron chi connectivity index (χ4n) is 1.66. The minimum atomic E-state index is -0.129. The molecule has 3 nitrogen and oxygen atoms in total. The van der Waals surface area contributed by atoms with Gasteiger partial charge in [-0.15, -0.1) is 0 Å². The number of halogens is 1. The number of hydrogen-bond donors (Lipinski definition) is 2. The van der Waals surface area contributed by atoms with Crippen LogP contribution >= 0.6 is 11.6 Å². The van der Waals surface area contributed by atoms with Crippen LogP contribution in [-0.4, -0.2) is 15.1 Å². The highest BCUT2D eigenvalue weighted by atomic mass is 35.5. The maximum absolute atomic E-state index is 9.04. The van der Waals surface area contributed by atoms with Crippen LogP contribution in [-0.2, 0) is 6.61 Å². The molecule has 0 aliphatic rings. The third-order valence-electron chi connectivity index (χ3n) is 2.74. The Bertz CT molecular complexity index is 503. The Morgan fingerprint density at radius 3 is 2.41 bits per heavy atom. The number of aliphatic hydroxyl groups is 1. The van der Waals surface area contributed by atoms with E-state index in [1.54, 1.807) is 0 Å². The summed E-state index contributed by atoms with van der Waals surface area (Å²) in [6.07, 6.45) is 0. The van der Waals surface area contributed by atoms with Gasteiger partial charge < -0.3 is 10.1 Å². The average molecular weight is 251 g/mol. The largest absolute Gasteiger partial charge is 0.390 e. The standard InChI is InChI=1S/C13H15ClN2O/c1-8(2)9-3-5-10(6-4-9)13-15-11(7-17)12(14)16-13/h3-6,8,17H,7H2,1-2H3,(H,15,16). The van der Waals surface area contributed by atoms with E-state index < -0.39 is 0 Å². The monoisotopic (exact) mass is 250 g/mol. The van der Waals surface area contributed by atoms with E-state index >= 15 is 0 Å². The summed E-state index contributed by atoms with van der Waals surface area (Å²) in [6, 6.07) is 8.17. The van der Waals surface area contributed by atoms with Crippen LogP contribution < -0.4 is 0 Å². The molecule has 2 rings (SSSR count). The fraction of sp³-hybridized carbons (Fsp3) is 0.308. The highest BCUT2D eigenvalue weighted by Crippen LogP contribution is 2.23. The number of imidazole rings is 1. The van der Waals surface area contributed by atoms with Crippen LogP contribution in [0.4, 0.5) is 0 Å². The van der Waals surface area contributed by atoms with Crippen LogP contribution in [0.25, 0.3) is 11.4 Å². The van der Waals surface area contributed by atoms with Crippen LogP contribution in [0.15, 0.2) is 24.3 Å². The Balaban J connectivity index is 2.33. The molecule has 0 saturated heterocycles. The summed E-state index contributed by atoms with van der Waals surface area (Å²) in [4.78, 5) is 7.18. The lowest BCUT2D eigenvalue weighted by Gasteiger charge is -2.05. The summed E-state index contributed by atoms with van der Waals surface area (Å²) in [5.74, 6) is 1.20. The van der Waals surface area contributed by atoms with Crippen LogP contribution in [0.5, 0.6) is 0 Å². The van der Waals surface area contributed by atoms with Gasteiger partial charge in [0.25, 0.3) is 0 Å². The molecule has 0 saturated carbocycles. The molecule has 1 heterocycles. The maximum Gasteiger partial charge on any atom is 0.153 e. The smallest absolute Gasteiger partial charge is 0.153 e. The van der Waals surface area contributed by atoms with Crippen molar-refractivity contribution in [2.24, 2.45) is 0 Å². The zero-order valence-electron chi connectivity index (χ0n) is 9.87. The molecule has 0 unspecified atom stereocenters. The van der Waals surface area contributed by atoms with Crippen molar-refractivity contribution in [2.75, 3.05) is 0 Å². The average Bonchev–Trinajstić information content (AvgIpc) is 2.70. The van der Waals surface area contributed by atoms with E-state index in [2.05, 4.69) is 35.9 Å². The van der Waals surface area contributed by atoms with Crippen molar-refractivity contribution < 1.29 is 5.11 Å². The Morgan fingerprint density at radius 2 is 1.94 bits per heavy atom. The molecule has 2 aromatic rings. The number of aromatic nitrogens is 2. The first-order valence-electron chi connectivity index (χ1n) is 5.57. The van der Waals surface area contributed by atoms with E-state index in [1.807, 2.05) is 12.1 Å². The Morgan fingerprint density at radius 1 is 1.29 bits per heavy atom. The van der Waals surface area contributed by atoms with Gasteiger partial charge >= 0.3 is 0 Å². The number of benzene rings is 1. The van der Waals surface area contributed by atoms with Crippen molar-refractivity contribution in [2.45, 2.75) is 26.4 Å². The lowest BCUT2D eigenvalue weighted by atomic mass is 10.0. The number of H-pyrrole nitrogens is 1. The van der Waals surface area contributed by atoms with Crippen LogP contribution in [0.1, 0.15) is 31.0 Å². The van der Waals surface area contributed by atoms with Gasteiger partial charge in [0, 0.05) is 5.56 Å². The lowest BCUT2D eigenvalue weighted by molar-refractivity contribution is 0.277. The molecule has 2 N–H and O–H groups in total. The maximum atomic E-state index is 9.04. The van der Waals surface area contributed by atoms with Crippen molar-refractivity contribution in [3.8, 4) is 11.4 Å². The highest BCUT2D eigenvalue weighted by molar-refractivity contribution is 6.30. The summed E-state index contributed by atoms with van der Waals surface area (Å²) in [7, 11) is 0. The summed E-state index contributed by atoms with van der Waals surface area (Å²) >= 11 is 5.87. The van der Waals surface area contributed by atoms with Crippen molar-refractivity contribution in [1.82, 2.24) is 9.97 Å². The van der Waals surface area contributed by atoms with Gasteiger partial charge in [0.05, 0.1) is 12.3 Å². The van der Waals surface area contributed by atoms with Gasteiger partial charge in [-0.3, -0.25) is 0 Å². The molecule has 4 heteroatoms. The van der Waals surface area contributed by atoms with E-state index in [0.717, 1.165) is 5.56 Å². The molecule has 0 spiro atoms. The van der Waals surface area contributed by atoms with Gasteiger partial charge in [-0.05, 0) is 11.5 Å². The molecular weight excluding hydrogens is 236 g/mol. The number of nitrogens with one attached hydrogen (secondary N) is 1. The second kappa shape index (κ2) is 4.90. The first kappa shape index (κ1) is 12.1. The second-order valence-corrected chi connectivity index (χ2v) is 4.65. The molecule has 0 aliphatic heterocycles. The number of aromatic amines is 1. The molecule has 0 aliphatic carbocycles. The molecule has 0 bridgehead atoms. The normalized spacial score (nSPS) is 11.1. The minimum Gasteiger partial charge on any atom is -0.390 e. The van der Waals surface area contributed by atoms with Crippen molar-refractivity contribution in [3.63, 3.8) is 0 Å². The number of hydrogen-bond acceptors (Lipinski definition) is 2. The fourth-order valence-corrected chi connectivity index (χ4v) is 1.85. The third kappa shape index (κ3) is 2.51. The molecular formula is C13H15ClN2O. The van der Waals surface area contributed by atoms with E-state index in [0.29, 0.717) is 22.6 Å². The van der Waals surface area contributed by atoms with Gasteiger partial charge in [0.15, 0.2) is 5.15 Å². The molecule has 17 heavy (non-hydrogen) atoms. The topological polar surface area (TPSA) is 48.9 Å². The van der Waals surface area contributed by atoms with Gasteiger partial charge in [-0.25, -0.2) is 4.98 Å². The van der Waals surface area contributed by atoms with E-state index in [1.165, 1.54) is 5.56 Å². The Hall–Kier alpha value is -1.32. The molecule has 1 aromatic carbocycles. The first-order valence-corrected chi connectivity index (χ1v) is 5.95. The van der Waals surface area contributed by atoms with Gasteiger partial charge in [0.1, 0.15) is 5.82 Å². The number of aliphatic hydroxyl groups excluding tert-OH is 1. The molecule has 1 aromatic heterocycles. The molecule has 90 valence electrons. The van der Waals surface area contributed by atoms with Crippen LogP contribution in [0, 0.1) is 0 Å².